The average Bonchev–Trinajstić information content (AvgIpc) is 2.59. The number of rotatable bonds is 3. The smallest absolute Gasteiger partial charge is 0.245 e. The molecule has 0 atom stereocenters. The first-order chi connectivity index (χ1) is 8.34. The molecular weight excluding hydrogens is 210 g/mol. The Labute approximate surface area is 103 Å². The molecule has 0 aliphatic heterocycles. The molecule has 0 N–H and O–H groups in total. The molecular formula is C15H20NO. The maximum atomic E-state index is 11.8. The van der Waals surface area contributed by atoms with Crippen LogP contribution >= 0.6 is 0 Å². The van der Waals surface area contributed by atoms with Crippen molar-refractivity contribution in [3.05, 3.63) is 35.9 Å². The average molecular weight is 230 g/mol. The Morgan fingerprint density at radius 3 is 2.35 bits per heavy atom. The molecule has 0 unspecified atom stereocenters. The zero-order valence-electron chi connectivity index (χ0n) is 10.3. The van der Waals surface area contributed by atoms with Gasteiger partial charge in [-0.15, -0.1) is 0 Å². The summed E-state index contributed by atoms with van der Waals surface area (Å²) in [6.45, 7) is 0. The lowest BCUT2D eigenvalue weighted by Crippen LogP contribution is -2.28. The molecule has 1 aromatic carbocycles. The van der Waals surface area contributed by atoms with Gasteiger partial charge in [0.15, 0.2) is 0 Å². The molecule has 1 radical (unpaired) electrons. The van der Waals surface area contributed by atoms with E-state index < -0.39 is 0 Å². The third-order valence-electron chi connectivity index (χ3n) is 3.35. The van der Waals surface area contributed by atoms with Gasteiger partial charge in [0.2, 0.25) is 5.91 Å². The van der Waals surface area contributed by atoms with Crippen LogP contribution in [0.25, 0.3) is 0 Å². The van der Waals surface area contributed by atoms with E-state index in [0.717, 1.165) is 18.4 Å². The second-order valence-electron chi connectivity index (χ2n) is 4.83. The molecule has 91 valence electrons. The van der Waals surface area contributed by atoms with Crippen molar-refractivity contribution in [1.29, 1.82) is 0 Å². The Kier molecular flexibility index (Phi) is 4.60. The lowest BCUT2D eigenvalue weighted by Gasteiger charge is -2.12. The second kappa shape index (κ2) is 6.43. The summed E-state index contributed by atoms with van der Waals surface area (Å²) < 4.78 is 0. The van der Waals surface area contributed by atoms with Gasteiger partial charge in [-0.3, -0.25) is 4.79 Å². The Morgan fingerprint density at radius 2 is 1.71 bits per heavy atom. The second-order valence-corrected chi connectivity index (χ2v) is 4.83. The van der Waals surface area contributed by atoms with Gasteiger partial charge in [0, 0.05) is 0 Å². The van der Waals surface area contributed by atoms with Gasteiger partial charge in [0.1, 0.15) is 0 Å². The Bertz CT molecular complexity index is 339. The highest BCUT2D eigenvalue weighted by atomic mass is 16.1. The number of hydrogen-bond donors (Lipinski definition) is 0. The first-order valence-electron chi connectivity index (χ1n) is 6.62. The van der Waals surface area contributed by atoms with Gasteiger partial charge < -0.3 is 0 Å². The van der Waals surface area contributed by atoms with Crippen LogP contribution in [-0.2, 0) is 11.2 Å². The first-order valence-corrected chi connectivity index (χ1v) is 6.62. The molecule has 1 amide bonds. The highest BCUT2D eigenvalue weighted by Crippen LogP contribution is 2.18. The van der Waals surface area contributed by atoms with E-state index in [9.17, 15) is 4.79 Å². The number of nitrogens with zero attached hydrogens (tertiary/aromatic N) is 1. The van der Waals surface area contributed by atoms with E-state index in [1.54, 1.807) is 0 Å². The topological polar surface area (TPSA) is 31.2 Å². The lowest BCUT2D eigenvalue weighted by molar-refractivity contribution is -0.121. The molecule has 1 aliphatic rings. The lowest BCUT2D eigenvalue weighted by atomic mass is 10.1. The van der Waals surface area contributed by atoms with Crippen LogP contribution in [0.4, 0.5) is 0 Å². The number of carbonyl (C=O) groups is 1. The van der Waals surface area contributed by atoms with Gasteiger partial charge >= 0.3 is 0 Å². The van der Waals surface area contributed by atoms with Gasteiger partial charge in [0.05, 0.1) is 12.5 Å². The van der Waals surface area contributed by atoms with Crippen molar-refractivity contribution in [3.8, 4) is 0 Å². The normalized spacial score (nSPS) is 17.4. The van der Waals surface area contributed by atoms with Crippen molar-refractivity contribution in [3.63, 3.8) is 0 Å². The van der Waals surface area contributed by atoms with Crippen LogP contribution < -0.4 is 5.32 Å². The molecule has 2 rings (SSSR count). The fourth-order valence-electron chi connectivity index (χ4n) is 2.41. The van der Waals surface area contributed by atoms with E-state index in [1.165, 1.54) is 25.7 Å². The summed E-state index contributed by atoms with van der Waals surface area (Å²) in [7, 11) is 0. The minimum absolute atomic E-state index is 0.0445. The van der Waals surface area contributed by atoms with Crippen molar-refractivity contribution in [2.24, 2.45) is 0 Å². The maximum absolute atomic E-state index is 11.8. The van der Waals surface area contributed by atoms with Crippen LogP contribution in [0.3, 0.4) is 0 Å². The summed E-state index contributed by atoms with van der Waals surface area (Å²) in [5.41, 5.74) is 1.06. The summed E-state index contributed by atoms with van der Waals surface area (Å²) in [5.74, 6) is 0.0445. The van der Waals surface area contributed by atoms with E-state index >= 15 is 0 Å². The molecule has 1 saturated carbocycles. The molecule has 17 heavy (non-hydrogen) atoms. The van der Waals surface area contributed by atoms with Crippen LogP contribution in [0, 0.1) is 0 Å². The summed E-state index contributed by atoms with van der Waals surface area (Å²) in [6.07, 6.45) is 7.72. The van der Waals surface area contributed by atoms with Crippen molar-refractivity contribution >= 4 is 5.91 Å². The molecule has 2 heteroatoms. The van der Waals surface area contributed by atoms with Crippen LogP contribution in [-0.4, -0.2) is 11.9 Å². The highest BCUT2D eigenvalue weighted by molar-refractivity contribution is 5.78. The zero-order chi connectivity index (χ0) is 11.9. The molecule has 0 aromatic heterocycles. The molecule has 1 aliphatic carbocycles. The van der Waals surface area contributed by atoms with Gasteiger partial charge in [-0.2, -0.15) is 0 Å². The molecule has 1 fully saturated rings. The van der Waals surface area contributed by atoms with Gasteiger partial charge in [-0.05, 0) is 18.4 Å². The zero-order valence-corrected chi connectivity index (χ0v) is 10.3. The van der Waals surface area contributed by atoms with Crippen LogP contribution in [0.1, 0.15) is 44.1 Å². The number of benzene rings is 1. The molecule has 0 spiro atoms. The van der Waals surface area contributed by atoms with Crippen molar-refractivity contribution in [1.82, 2.24) is 5.32 Å². The highest BCUT2D eigenvalue weighted by Gasteiger charge is 2.16. The Balaban J connectivity index is 1.80. The maximum Gasteiger partial charge on any atom is 0.245 e. The van der Waals surface area contributed by atoms with Crippen molar-refractivity contribution in [2.75, 3.05) is 0 Å². The van der Waals surface area contributed by atoms with Gasteiger partial charge in [-0.1, -0.05) is 56.0 Å². The van der Waals surface area contributed by atoms with Crippen LogP contribution in [0.5, 0.6) is 0 Å². The minimum Gasteiger partial charge on any atom is -0.273 e. The van der Waals surface area contributed by atoms with Crippen molar-refractivity contribution < 1.29 is 4.79 Å². The Hall–Kier alpha value is -1.31. The first kappa shape index (κ1) is 12.2. The van der Waals surface area contributed by atoms with E-state index in [0.29, 0.717) is 6.42 Å². The third kappa shape index (κ3) is 4.22. The quantitative estimate of drug-likeness (QED) is 0.734. The number of hydrogen-bond acceptors (Lipinski definition) is 1. The third-order valence-corrected chi connectivity index (χ3v) is 3.35. The minimum atomic E-state index is 0.0445. The van der Waals surface area contributed by atoms with E-state index in [2.05, 4.69) is 5.32 Å². The number of amides is 1. The standard InChI is InChI=1S/C15H20NO/c17-15(12-13-8-4-3-5-9-13)16-14-10-6-1-2-7-11-14/h3-5,8-9,14H,1-2,6-7,10-12H2. The van der Waals surface area contributed by atoms with Gasteiger partial charge in [0.25, 0.3) is 0 Å². The van der Waals surface area contributed by atoms with Crippen LogP contribution in [0.2, 0.25) is 0 Å². The summed E-state index contributed by atoms with van der Waals surface area (Å²) in [5, 5.41) is 4.35. The predicted molar refractivity (Wildman–Crippen MR) is 68.8 cm³/mol. The van der Waals surface area contributed by atoms with Crippen molar-refractivity contribution in [2.45, 2.75) is 51.0 Å². The largest absolute Gasteiger partial charge is 0.273 e. The summed E-state index contributed by atoms with van der Waals surface area (Å²) in [4.78, 5) is 11.8. The molecule has 0 heterocycles. The Morgan fingerprint density at radius 1 is 1.06 bits per heavy atom. The predicted octanol–water partition coefficient (Wildman–Crippen LogP) is 3.08. The van der Waals surface area contributed by atoms with E-state index in [-0.39, 0.29) is 11.9 Å². The molecule has 1 aromatic rings. The molecule has 2 nitrogen and oxygen atoms in total. The molecule has 0 bridgehead atoms. The SMILES string of the molecule is O=C(Cc1ccccc1)[N]C1CCCCCC1. The summed E-state index contributed by atoms with van der Waals surface area (Å²) >= 11 is 0. The fourth-order valence-corrected chi connectivity index (χ4v) is 2.41. The summed E-state index contributed by atoms with van der Waals surface area (Å²) in [6, 6.07) is 10.2. The van der Waals surface area contributed by atoms with Gasteiger partial charge in [-0.25, -0.2) is 5.32 Å². The van der Waals surface area contributed by atoms with E-state index in [1.807, 2.05) is 30.3 Å². The molecule has 0 saturated heterocycles. The monoisotopic (exact) mass is 230 g/mol. The number of carbonyl (C=O) groups excluding carboxylic acids is 1. The fraction of sp³-hybridized carbons (Fsp3) is 0.533. The van der Waals surface area contributed by atoms with E-state index in [4.69, 9.17) is 0 Å². The van der Waals surface area contributed by atoms with Crippen LogP contribution in [0.15, 0.2) is 30.3 Å².